The molecule has 2 aliphatic rings. The Morgan fingerprint density at radius 2 is 1.80 bits per heavy atom. The molecule has 6 rings (SSSR count). The molecule has 4 atom stereocenters. The number of furan rings is 1. The molecule has 0 amide bonds. The van der Waals surface area contributed by atoms with Crippen molar-refractivity contribution in [3.63, 3.8) is 0 Å². The van der Waals surface area contributed by atoms with Gasteiger partial charge in [-0.1, -0.05) is 49.7 Å². The predicted molar refractivity (Wildman–Crippen MR) is 166 cm³/mol. The van der Waals surface area contributed by atoms with Crippen LogP contribution in [0.5, 0.6) is 0 Å². The minimum absolute atomic E-state index is 0.176. The van der Waals surface area contributed by atoms with E-state index in [2.05, 4.69) is 41.2 Å². The van der Waals surface area contributed by atoms with E-state index in [4.69, 9.17) is 28.2 Å². The monoisotopic (exact) mass is 586 g/mol. The third-order valence-corrected chi connectivity index (χ3v) is 8.48. The molecule has 0 saturated carbocycles. The second kappa shape index (κ2) is 11.2. The summed E-state index contributed by atoms with van der Waals surface area (Å²) in [5.74, 6) is 1.29. The van der Waals surface area contributed by atoms with Gasteiger partial charge in [0.25, 0.3) is 0 Å². The summed E-state index contributed by atoms with van der Waals surface area (Å²) in [7, 11) is 0. The summed E-state index contributed by atoms with van der Waals surface area (Å²) in [6.45, 7) is 6.52. The fraction of sp³-hybridized carbons (Fsp3) is 0.281. The van der Waals surface area contributed by atoms with Crippen LogP contribution >= 0.6 is 23.8 Å². The van der Waals surface area contributed by atoms with Crippen molar-refractivity contribution in [1.29, 1.82) is 0 Å². The molecule has 2 aromatic heterocycles. The molecular formula is C32H31ClN4O3S. The van der Waals surface area contributed by atoms with Crippen molar-refractivity contribution in [3.05, 3.63) is 101 Å². The van der Waals surface area contributed by atoms with Gasteiger partial charge in [0, 0.05) is 30.5 Å². The van der Waals surface area contributed by atoms with Crippen molar-refractivity contribution < 1.29 is 14.3 Å². The summed E-state index contributed by atoms with van der Waals surface area (Å²) in [6.07, 6.45) is 2.97. The average Bonchev–Trinajstić information content (AvgIpc) is 3.57. The second-order valence-electron chi connectivity index (χ2n) is 11.0. The minimum atomic E-state index is -1.01. The number of rotatable bonds is 6. The number of thiocarbonyl (C=S) groups is 1. The molecule has 41 heavy (non-hydrogen) atoms. The number of aromatic carboxylic acids is 1. The van der Waals surface area contributed by atoms with Gasteiger partial charge >= 0.3 is 5.97 Å². The van der Waals surface area contributed by atoms with Crippen LogP contribution in [0.15, 0.2) is 83.4 Å². The largest absolute Gasteiger partial charge is 0.478 e. The first-order chi connectivity index (χ1) is 19.8. The Bertz CT molecular complexity index is 1580. The van der Waals surface area contributed by atoms with E-state index in [-0.39, 0.29) is 17.6 Å². The number of hydrogen-bond donors (Lipinski definition) is 2. The van der Waals surface area contributed by atoms with E-state index >= 15 is 0 Å². The van der Waals surface area contributed by atoms with E-state index in [1.165, 1.54) is 6.42 Å². The summed E-state index contributed by atoms with van der Waals surface area (Å²) in [4.78, 5) is 20.9. The summed E-state index contributed by atoms with van der Waals surface area (Å²) in [6, 6.07) is 21.7. The van der Waals surface area contributed by atoms with Crippen LogP contribution in [0.3, 0.4) is 0 Å². The SMILES string of the molecule is CC1CC(C)CN(c2ccc(N3C(=S)NC(c4ccccn4)C3c3ccc(-c4ccccc4C(=O)O)o3)cc2Cl)C1. The van der Waals surface area contributed by atoms with Crippen molar-refractivity contribution >= 4 is 46.3 Å². The molecule has 2 aliphatic heterocycles. The maximum atomic E-state index is 11.9. The topological polar surface area (TPSA) is 81.8 Å². The Kier molecular flexibility index (Phi) is 7.45. The van der Waals surface area contributed by atoms with Crippen molar-refractivity contribution in [1.82, 2.24) is 10.3 Å². The Balaban J connectivity index is 1.40. The Hall–Kier alpha value is -3.88. The number of nitrogens with one attached hydrogen (secondary N) is 1. The number of halogens is 1. The Morgan fingerprint density at radius 1 is 1.05 bits per heavy atom. The molecule has 4 unspecified atom stereocenters. The van der Waals surface area contributed by atoms with Gasteiger partial charge in [0.1, 0.15) is 17.6 Å². The third-order valence-electron chi connectivity index (χ3n) is 7.86. The number of pyridine rings is 1. The number of aromatic nitrogens is 1. The lowest BCUT2D eigenvalue weighted by molar-refractivity contribution is 0.0697. The Morgan fingerprint density at radius 3 is 2.51 bits per heavy atom. The normalized spacial score (nSPS) is 22.6. The molecule has 0 spiro atoms. The zero-order chi connectivity index (χ0) is 28.7. The lowest BCUT2D eigenvalue weighted by atomic mass is 9.91. The van der Waals surface area contributed by atoms with E-state index in [1.54, 1.807) is 36.5 Å². The van der Waals surface area contributed by atoms with Crippen LogP contribution in [0.4, 0.5) is 11.4 Å². The van der Waals surface area contributed by atoms with E-state index in [0.717, 1.165) is 30.2 Å². The van der Waals surface area contributed by atoms with Gasteiger partial charge in [-0.2, -0.15) is 0 Å². The summed E-state index contributed by atoms with van der Waals surface area (Å²) in [5, 5.41) is 14.4. The molecule has 2 aromatic carbocycles. The van der Waals surface area contributed by atoms with E-state index < -0.39 is 5.97 Å². The zero-order valence-electron chi connectivity index (χ0n) is 22.8. The van der Waals surface area contributed by atoms with Crippen molar-refractivity contribution in [2.24, 2.45) is 11.8 Å². The molecule has 2 N–H and O–H groups in total. The van der Waals surface area contributed by atoms with Gasteiger partial charge < -0.3 is 24.6 Å². The van der Waals surface area contributed by atoms with E-state index in [9.17, 15) is 9.90 Å². The standard InChI is InChI=1S/C32H31ClN4O3S/c1-19-15-20(2)18-36(17-19)26-11-10-21(16-24(26)33)37-30(29(35-32(37)41)25-9-5-6-14-34-25)28-13-12-27(40-28)22-7-3-4-8-23(22)31(38)39/h3-14,16,19-20,29-30H,15,17-18H2,1-2H3,(H,35,41)(H,38,39). The number of hydrogen-bond acceptors (Lipinski definition) is 5. The number of benzene rings is 2. The van der Waals surface area contributed by atoms with Gasteiger partial charge in [0.05, 0.1) is 28.0 Å². The van der Waals surface area contributed by atoms with Crippen LogP contribution in [0.1, 0.15) is 54.2 Å². The van der Waals surface area contributed by atoms with Gasteiger partial charge in [-0.3, -0.25) is 4.98 Å². The number of piperidine rings is 1. The molecule has 2 saturated heterocycles. The fourth-order valence-corrected chi connectivity index (χ4v) is 6.86. The lowest BCUT2D eigenvalue weighted by Gasteiger charge is -2.37. The molecule has 0 radical (unpaired) electrons. The van der Waals surface area contributed by atoms with Gasteiger partial charge in [-0.25, -0.2) is 4.79 Å². The van der Waals surface area contributed by atoms with Crippen LogP contribution in [0.2, 0.25) is 5.02 Å². The molecule has 7 nitrogen and oxygen atoms in total. The molecule has 4 heterocycles. The number of anilines is 2. The number of carboxylic acid groups (broad SMARTS) is 1. The second-order valence-corrected chi connectivity index (χ2v) is 11.8. The van der Waals surface area contributed by atoms with Crippen LogP contribution < -0.4 is 15.1 Å². The highest BCUT2D eigenvalue weighted by molar-refractivity contribution is 7.80. The fourth-order valence-electron chi connectivity index (χ4n) is 6.22. The molecular weight excluding hydrogens is 556 g/mol. The number of carbonyl (C=O) groups is 1. The van der Waals surface area contributed by atoms with Gasteiger partial charge in [-0.15, -0.1) is 0 Å². The summed E-state index contributed by atoms with van der Waals surface area (Å²) in [5.41, 5.74) is 3.36. The highest BCUT2D eigenvalue weighted by Gasteiger charge is 2.43. The summed E-state index contributed by atoms with van der Waals surface area (Å²) < 4.78 is 6.40. The van der Waals surface area contributed by atoms with Crippen LogP contribution in [0.25, 0.3) is 11.3 Å². The van der Waals surface area contributed by atoms with Gasteiger partial charge in [-0.05, 0) is 79.0 Å². The molecule has 2 fully saturated rings. The quantitative estimate of drug-likeness (QED) is 0.227. The van der Waals surface area contributed by atoms with Gasteiger partial charge in [0.15, 0.2) is 5.11 Å². The maximum absolute atomic E-state index is 11.9. The van der Waals surface area contributed by atoms with E-state index in [1.807, 2.05) is 35.2 Å². The first kappa shape index (κ1) is 27.3. The Labute approximate surface area is 249 Å². The van der Waals surface area contributed by atoms with Crippen LogP contribution in [-0.2, 0) is 0 Å². The van der Waals surface area contributed by atoms with Gasteiger partial charge in [0.2, 0.25) is 0 Å². The van der Waals surface area contributed by atoms with Crippen molar-refractivity contribution in [2.75, 3.05) is 22.9 Å². The minimum Gasteiger partial charge on any atom is -0.478 e. The molecule has 4 aromatic rings. The third kappa shape index (κ3) is 5.29. The first-order valence-corrected chi connectivity index (χ1v) is 14.6. The van der Waals surface area contributed by atoms with Crippen LogP contribution in [-0.4, -0.2) is 34.3 Å². The smallest absolute Gasteiger partial charge is 0.336 e. The first-order valence-electron chi connectivity index (χ1n) is 13.8. The molecule has 0 aliphatic carbocycles. The highest BCUT2D eigenvalue weighted by atomic mass is 35.5. The van der Waals surface area contributed by atoms with Crippen molar-refractivity contribution in [3.8, 4) is 11.3 Å². The summed E-state index contributed by atoms with van der Waals surface area (Å²) >= 11 is 12.8. The average molecular weight is 587 g/mol. The van der Waals surface area contributed by atoms with Crippen molar-refractivity contribution in [2.45, 2.75) is 32.4 Å². The van der Waals surface area contributed by atoms with E-state index in [0.29, 0.717) is 39.1 Å². The molecule has 9 heteroatoms. The maximum Gasteiger partial charge on any atom is 0.336 e. The number of carboxylic acids is 1. The zero-order valence-corrected chi connectivity index (χ0v) is 24.4. The lowest BCUT2D eigenvalue weighted by Crippen LogP contribution is -2.38. The predicted octanol–water partition coefficient (Wildman–Crippen LogP) is 7.35. The molecule has 210 valence electrons. The number of nitrogens with zero attached hydrogens (tertiary/aromatic N) is 3. The van der Waals surface area contributed by atoms with Crippen LogP contribution in [0, 0.1) is 11.8 Å². The molecule has 0 bridgehead atoms. The highest BCUT2D eigenvalue weighted by Crippen LogP contribution is 2.45.